The van der Waals surface area contributed by atoms with E-state index in [1.165, 1.54) is 11.8 Å². The van der Waals surface area contributed by atoms with Crippen molar-refractivity contribution < 1.29 is 22.2 Å². The molecule has 4 heterocycles. The van der Waals surface area contributed by atoms with E-state index >= 15 is 0 Å². The van der Waals surface area contributed by atoms with Gasteiger partial charge in [0.05, 0.1) is 30.1 Å². The van der Waals surface area contributed by atoms with Crippen LogP contribution in [0.15, 0.2) is 77.2 Å². The van der Waals surface area contributed by atoms with Crippen molar-refractivity contribution in [2.24, 2.45) is 0 Å². The fourth-order valence-electron chi connectivity index (χ4n) is 4.06. The van der Waals surface area contributed by atoms with Crippen molar-refractivity contribution in [3.8, 4) is 17.2 Å². The zero-order chi connectivity index (χ0) is 22.1. The average Bonchev–Trinajstić information content (AvgIpc) is 3.54. The molecule has 7 nitrogen and oxygen atoms in total. The second-order valence-electron chi connectivity index (χ2n) is 7.84. The van der Waals surface area contributed by atoms with Crippen molar-refractivity contribution in [2.45, 2.75) is 22.3 Å². The molecule has 1 N–H and O–H groups in total. The molecular weight excluding hydrogens is 476 g/mol. The van der Waals surface area contributed by atoms with Crippen molar-refractivity contribution in [1.29, 1.82) is 5.26 Å². The van der Waals surface area contributed by atoms with Gasteiger partial charge in [0, 0.05) is 53.0 Å². The van der Waals surface area contributed by atoms with E-state index in [1.807, 2.05) is 45.9 Å². The molecule has 9 heteroatoms. The molecule has 1 aromatic carbocycles. The number of nitriles is 1. The molecule has 0 aliphatic carbocycles. The maximum atomic E-state index is 9.47. The van der Waals surface area contributed by atoms with Crippen molar-refractivity contribution in [3.63, 3.8) is 0 Å². The van der Waals surface area contributed by atoms with Gasteiger partial charge in [0.2, 0.25) is 0 Å². The van der Waals surface area contributed by atoms with Crippen molar-refractivity contribution >= 4 is 17.3 Å². The first-order valence-corrected chi connectivity index (χ1v) is 11.1. The summed E-state index contributed by atoms with van der Waals surface area (Å²) in [5.74, 6) is 0.194. The summed E-state index contributed by atoms with van der Waals surface area (Å²) in [7, 11) is 0. The number of likely N-dealkylation sites (tertiary alicyclic amines) is 1. The summed E-state index contributed by atoms with van der Waals surface area (Å²) in [6.07, 6.45) is 8.55. The maximum Gasteiger partial charge on any atom is 0.100 e. The standard InChI is InChI=1S/C24H21N6OS.Fe/c1-17(31)13-28-9-7-21(16-28)29-15-20(12-27-29)19-10-24(22-6-8-26-30(22)14-19)32-23-5-3-2-4-18(23)11-25;/h2-5,8,10,12,14-15,21,31H,1,7,9,13,16H2;/q-1;/t21-;/m1./s1. The number of hydrogen-bond donors (Lipinski definition) is 1. The first-order valence-electron chi connectivity index (χ1n) is 10.3. The number of rotatable bonds is 6. The van der Waals surface area contributed by atoms with Gasteiger partial charge in [-0.15, -0.1) is 11.0 Å². The van der Waals surface area contributed by atoms with Crippen LogP contribution in [0.5, 0.6) is 0 Å². The average molecular weight is 497 g/mol. The zero-order valence-corrected chi connectivity index (χ0v) is 19.6. The second kappa shape index (κ2) is 9.86. The Kier molecular flexibility index (Phi) is 6.91. The Morgan fingerprint density at radius 1 is 1.24 bits per heavy atom. The van der Waals surface area contributed by atoms with Crippen LogP contribution in [0.1, 0.15) is 18.0 Å². The molecule has 0 bridgehead atoms. The molecule has 1 aliphatic rings. The Hall–Kier alpha value is -3.02. The molecule has 33 heavy (non-hydrogen) atoms. The first kappa shape index (κ1) is 23.1. The monoisotopic (exact) mass is 497 g/mol. The number of benzene rings is 1. The van der Waals surface area contributed by atoms with Crippen LogP contribution in [0.3, 0.4) is 0 Å². The summed E-state index contributed by atoms with van der Waals surface area (Å²) < 4.78 is 3.82. The smallest absolute Gasteiger partial charge is 0.100 e. The van der Waals surface area contributed by atoms with Crippen LogP contribution in [0.2, 0.25) is 0 Å². The minimum absolute atomic E-state index is 0. The van der Waals surface area contributed by atoms with Gasteiger partial charge in [-0.05, 0) is 30.3 Å². The van der Waals surface area contributed by atoms with Crippen LogP contribution in [0.25, 0.3) is 16.6 Å². The summed E-state index contributed by atoms with van der Waals surface area (Å²) in [6.45, 7) is 5.84. The van der Waals surface area contributed by atoms with Gasteiger partial charge >= 0.3 is 0 Å². The number of aliphatic hydroxyl groups excluding tert-OH is 1. The van der Waals surface area contributed by atoms with E-state index in [0.717, 1.165) is 45.9 Å². The van der Waals surface area contributed by atoms with Crippen LogP contribution < -0.4 is 0 Å². The Bertz CT molecular complexity index is 1340. The predicted molar refractivity (Wildman–Crippen MR) is 122 cm³/mol. The Morgan fingerprint density at radius 3 is 2.91 bits per heavy atom. The van der Waals surface area contributed by atoms with E-state index in [0.29, 0.717) is 12.1 Å². The van der Waals surface area contributed by atoms with Gasteiger partial charge in [0.25, 0.3) is 0 Å². The van der Waals surface area contributed by atoms with Crippen LogP contribution in [0, 0.1) is 17.4 Å². The summed E-state index contributed by atoms with van der Waals surface area (Å²) in [4.78, 5) is 4.06. The summed E-state index contributed by atoms with van der Waals surface area (Å²) in [5.41, 5.74) is 3.51. The minimum atomic E-state index is 0. The van der Waals surface area contributed by atoms with Crippen molar-refractivity contribution in [2.75, 3.05) is 19.6 Å². The van der Waals surface area contributed by atoms with Crippen molar-refractivity contribution in [1.82, 2.24) is 24.3 Å². The van der Waals surface area contributed by atoms with Gasteiger partial charge in [-0.1, -0.05) is 24.2 Å². The summed E-state index contributed by atoms with van der Waals surface area (Å²) in [5, 5.41) is 27.9. The molecule has 4 aromatic rings. The van der Waals surface area contributed by atoms with Crippen LogP contribution in [-0.2, 0) is 17.1 Å². The largest absolute Gasteiger partial charge is 0.512 e. The third kappa shape index (κ3) is 4.85. The van der Waals surface area contributed by atoms with E-state index in [-0.39, 0.29) is 28.9 Å². The third-order valence-electron chi connectivity index (χ3n) is 5.58. The topological polar surface area (TPSA) is 82.4 Å². The molecule has 1 aliphatic heterocycles. The Labute approximate surface area is 206 Å². The van der Waals surface area contributed by atoms with E-state index in [4.69, 9.17) is 0 Å². The number of pyridine rings is 1. The number of aliphatic hydroxyl groups is 1. The summed E-state index contributed by atoms with van der Waals surface area (Å²) in [6, 6.07) is 15.4. The van der Waals surface area contributed by atoms with Crippen LogP contribution in [0.4, 0.5) is 0 Å². The Balaban J connectivity index is 0.00000259. The zero-order valence-electron chi connectivity index (χ0n) is 17.7. The third-order valence-corrected chi connectivity index (χ3v) is 6.69. The van der Waals surface area contributed by atoms with E-state index in [1.54, 1.807) is 6.20 Å². The molecule has 0 unspecified atom stereocenters. The number of nitrogens with zero attached hydrogens (tertiary/aromatic N) is 6. The molecule has 0 spiro atoms. The molecule has 0 amide bonds. The normalized spacial score (nSPS) is 15.9. The van der Waals surface area contributed by atoms with E-state index in [9.17, 15) is 10.4 Å². The predicted octanol–water partition coefficient (Wildman–Crippen LogP) is 4.34. The molecule has 0 radical (unpaired) electrons. The summed E-state index contributed by atoms with van der Waals surface area (Å²) >= 11 is 1.54. The van der Waals surface area contributed by atoms with Crippen LogP contribution >= 0.6 is 11.8 Å². The van der Waals surface area contributed by atoms with Gasteiger partial charge in [0.15, 0.2) is 0 Å². The molecule has 3 aromatic heterocycles. The quantitative estimate of drug-likeness (QED) is 0.243. The van der Waals surface area contributed by atoms with Gasteiger partial charge < -0.3 is 5.11 Å². The SMILES string of the molecule is C=C(O)CN1CC[C@@H](n2cc(-c3cc(Sc4ccccc4C#N)c4[c-]cnn4c3)cn2)C1.[Fe]. The minimum Gasteiger partial charge on any atom is -0.512 e. The molecular formula is C24H21FeN6OS-. The molecule has 1 fully saturated rings. The molecule has 5 rings (SSSR count). The number of fused-ring (bicyclic) bond motifs is 1. The van der Waals surface area contributed by atoms with Gasteiger partial charge in [-0.3, -0.25) is 14.1 Å². The van der Waals surface area contributed by atoms with E-state index in [2.05, 4.69) is 46.1 Å². The second-order valence-corrected chi connectivity index (χ2v) is 8.92. The fourth-order valence-corrected chi connectivity index (χ4v) is 5.10. The van der Waals surface area contributed by atoms with Gasteiger partial charge in [-0.25, -0.2) is 6.07 Å². The molecule has 1 atom stereocenters. The molecule has 1 saturated heterocycles. The maximum absolute atomic E-state index is 9.47. The Morgan fingerprint density at radius 2 is 2.09 bits per heavy atom. The van der Waals surface area contributed by atoms with Gasteiger partial charge in [-0.2, -0.15) is 27.2 Å². The number of hydrogen-bond acceptors (Lipinski definition) is 6. The van der Waals surface area contributed by atoms with Gasteiger partial charge in [0.1, 0.15) is 6.07 Å². The molecule has 0 saturated carbocycles. The van der Waals surface area contributed by atoms with Crippen molar-refractivity contribution in [3.05, 3.63) is 79.1 Å². The van der Waals surface area contributed by atoms with Crippen LogP contribution in [-0.4, -0.2) is 49.0 Å². The number of aromatic nitrogens is 4. The fraction of sp³-hybridized carbons (Fsp3) is 0.208. The van der Waals surface area contributed by atoms with E-state index < -0.39 is 0 Å². The molecule has 168 valence electrons. The first-order chi connectivity index (χ1) is 15.6.